The molecule has 0 aromatic carbocycles. The minimum Gasteiger partial charge on any atom is -0.468 e. The Bertz CT molecular complexity index is 548. The zero-order valence-corrected chi connectivity index (χ0v) is 13.6. The molecule has 5 nitrogen and oxygen atoms in total. The van der Waals surface area contributed by atoms with Crippen molar-refractivity contribution in [2.75, 3.05) is 19.6 Å². The molecule has 3 rings (SSSR count). The third-order valence-electron chi connectivity index (χ3n) is 4.41. The van der Waals surface area contributed by atoms with Crippen molar-refractivity contribution in [3.8, 4) is 0 Å². The van der Waals surface area contributed by atoms with E-state index in [1.165, 1.54) is 0 Å². The minimum atomic E-state index is 0.190. The Balaban J connectivity index is 1.61. The summed E-state index contributed by atoms with van der Waals surface area (Å²) in [6.07, 6.45) is 5.52. The first-order valence-corrected chi connectivity index (χ1v) is 8.25. The molecule has 0 radical (unpaired) electrons. The van der Waals surface area contributed by atoms with Crippen LogP contribution in [-0.4, -0.2) is 35.3 Å². The van der Waals surface area contributed by atoms with Gasteiger partial charge in [0.25, 0.3) is 0 Å². The zero-order chi connectivity index (χ0) is 16.1. The second-order valence-corrected chi connectivity index (χ2v) is 6.37. The average molecular weight is 316 g/mol. The highest BCUT2D eigenvalue weighted by Gasteiger charge is 2.23. The SMILES string of the molecule is CC1CCN(C(=O)CN(Cc2ccco2)Cc2ccco2)CC1. The third kappa shape index (κ3) is 4.48. The van der Waals surface area contributed by atoms with Crippen molar-refractivity contribution >= 4 is 5.91 Å². The number of hydrogen-bond acceptors (Lipinski definition) is 4. The normalized spacial score (nSPS) is 16.2. The largest absolute Gasteiger partial charge is 0.468 e. The van der Waals surface area contributed by atoms with E-state index < -0.39 is 0 Å². The summed E-state index contributed by atoms with van der Waals surface area (Å²) in [5.41, 5.74) is 0. The summed E-state index contributed by atoms with van der Waals surface area (Å²) in [6, 6.07) is 7.60. The Morgan fingerprint density at radius 1 is 1.13 bits per heavy atom. The maximum Gasteiger partial charge on any atom is 0.236 e. The maximum absolute atomic E-state index is 12.6. The maximum atomic E-state index is 12.6. The van der Waals surface area contributed by atoms with Crippen LogP contribution in [0.1, 0.15) is 31.3 Å². The van der Waals surface area contributed by atoms with Crippen LogP contribution in [0.3, 0.4) is 0 Å². The molecular weight excluding hydrogens is 292 g/mol. The Morgan fingerprint density at radius 2 is 1.70 bits per heavy atom. The predicted molar refractivity (Wildman–Crippen MR) is 86.5 cm³/mol. The van der Waals surface area contributed by atoms with Gasteiger partial charge < -0.3 is 13.7 Å². The first-order chi connectivity index (χ1) is 11.2. The lowest BCUT2D eigenvalue weighted by molar-refractivity contribution is -0.134. The fraction of sp³-hybridized carbons (Fsp3) is 0.500. The molecule has 1 aliphatic heterocycles. The molecule has 1 saturated heterocycles. The Morgan fingerprint density at radius 3 is 2.17 bits per heavy atom. The van der Waals surface area contributed by atoms with Gasteiger partial charge in [0, 0.05) is 13.1 Å². The molecular formula is C18H24N2O3. The molecule has 3 heterocycles. The average Bonchev–Trinajstić information content (AvgIpc) is 3.21. The first kappa shape index (κ1) is 15.9. The van der Waals surface area contributed by atoms with Gasteiger partial charge in [0.2, 0.25) is 5.91 Å². The molecule has 1 fully saturated rings. The standard InChI is InChI=1S/C18H24N2O3/c1-15-6-8-20(9-7-15)18(21)14-19(12-16-4-2-10-22-16)13-17-5-3-11-23-17/h2-5,10-11,15H,6-9,12-14H2,1H3. The van der Waals surface area contributed by atoms with Crippen LogP contribution >= 0.6 is 0 Å². The van der Waals surface area contributed by atoms with E-state index in [0.717, 1.165) is 43.4 Å². The molecule has 0 N–H and O–H groups in total. The minimum absolute atomic E-state index is 0.190. The van der Waals surface area contributed by atoms with Crippen molar-refractivity contribution in [1.82, 2.24) is 9.80 Å². The number of carbonyl (C=O) groups excluding carboxylic acids is 1. The Hall–Kier alpha value is -2.01. The van der Waals surface area contributed by atoms with E-state index in [1.807, 2.05) is 29.2 Å². The highest BCUT2D eigenvalue weighted by molar-refractivity contribution is 5.78. The Kier molecular flexibility index (Phi) is 5.18. The van der Waals surface area contributed by atoms with Crippen molar-refractivity contribution in [3.05, 3.63) is 48.3 Å². The van der Waals surface area contributed by atoms with E-state index in [1.54, 1.807) is 12.5 Å². The molecule has 0 atom stereocenters. The molecule has 5 heteroatoms. The molecule has 0 unspecified atom stereocenters. The lowest BCUT2D eigenvalue weighted by Crippen LogP contribution is -2.43. The molecule has 2 aromatic rings. The molecule has 1 amide bonds. The highest BCUT2D eigenvalue weighted by atomic mass is 16.3. The summed E-state index contributed by atoms with van der Waals surface area (Å²) in [5, 5.41) is 0. The van der Waals surface area contributed by atoms with Gasteiger partial charge in [0.1, 0.15) is 11.5 Å². The fourth-order valence-corrected chi connectivity index (χ4v) is 2.96. The van der Waals surface area contributed by atoms with Crippen LogP contribution in [0.25, 0.3) is 0 Å². The molecule has 0 spiro atoms. The summed E-state index contributed by atoms with van der Waals surface area (Å²) >= 11 is 0. The van der Waals surface area contributed by atoms with Crippen molar-refractivity contribution in [2.24, 2.45) is 5.92 Å². The topological polar surface area (TPSA) is 49.8 Å². The fourth-order valence-electron chi connectivity index (χ4n) is 2.96. The molecule has 0 bridgehead atoms. The van der Waals surface area contributed by atoms with Gasteiger partial charge in [-0.05, 0) is 43.0 Å². The van der Waals surface area contributed by atoms with E-state index >= 15 is 0 Å². The van der Waals surface area contributed by atoms with E-state index in [4.69, 9.17) is 8.83 Å². The van der Waals surface area contributed by atoms with Crippen LogP contribution in [0.2, 0.25) is 0 Å². The summed E-state index contributed by atoms with van der Waals surface area (Å²) in [5.74, 6) is 2.63. The van der Waals surface area contributed by atoms with Gasteiger partial charge >= 0.3 is 0 Å². The summed E-state index contributed by atoms with van der Waals surface area (Å²) in [6.45, 7) is 5.58. The number of amides is 1. The van der Waals surface area contributed by atoms with E-state index in [9.17, 15) is 4.79 Å². The van der Waals surface area contributed by atoms with Crippen LogP contribution in [0.15, 0.2) is 45.6 Å². The van der Waals surface area contributed by atoms with Gasteiger partial charge in [0.05, 0.1) is 32.2 Å². The predicted octanol–water partition coefficient (Wildman–Crippen LogP) is 3.13. The van der Waals surface area contributed by atoms with E-state index in [-0.39, 0.29) is 5.91 Å². The monoisotopic (exact) mass is 316 g/mol. The van der Waals surface area contributed by atoms with Crippen LogP contribution in [0, 0.1) is 5.92 Å². The number of likely N-dealkylation sites (tertiary alicyclic amines) is 1. The lowest BCUT2D eigenvalue weighted by Gasteiger charge is -2.32. The number of furan rings is 2. The second kappa shape index (κ2) is 7.51. The summed E-state index contributed by atoms with van der Waals surface area (Å²) < 4.78 is 10.9. The van der Waals surface area contributed by atoms with Crippen molar-refractivity contribution in [2.45, 2.75) is 32.9 Å². The van der Waals surface area contributed by atoms with Crippen molar-refractivity contribution in [1.29, 1.82) is 0 Å². The molecule has 2 aromatic heterocycles. The van der Waals surface area contributed by atoms with Gasteiger partial charge in [-0.1, -0.05) is 6.92 Å². The van der Waals surface area contributed by atoms with Crippen LogP contribution in [0.5, 0.6) is 0 Å². The van der Waals surface area contributed by atoms with E-state index in [0.29, 0.717) is 19.6 Å². The number of nitrogens with zero attached hydrogens (tertiary/aromatic N) is 2. The van der Waals surface area contributed by atoms with E-state index in [2.05, 4.69) is 11.8 Å². The van der Waals surface area contributed by atoms with Crippen molar-refractivity contribution < 1.29 is 13.6 Å². The van der Waals surface area contributed by atoms with Crippen LogP contribution in [-0.2, 0) is 17.9 Å². The highest BCUT2D eigenvalue weighted by Crippen LogP contribution is 2.17. The zero-order valence-electron chi connectivity index (χ0n) is 13.6. The van der Waals surface area contributed by atoms with Gasteiger partial charge in [-0.3, -0.25) is 9.69 Å². The number of carbonyl (C=O) groups is 1. The van der Waals surface area contributed by atoms with Gasteiger partial charge in [-0.2, -0.15) is 0 Å². The lowest BCUT2D eigenvalue weighted by atomic mass is 9.99. The van der Waals surface area contributed by atoms with Crippen LogP contribution < -0.4 is 0 Å². The number of rotatable bonds is 6. The number of hydrogen-bond donors (Lipinski definition) is 0. The van der Waals surface area contributed by atoms with Gasteiger partial charge in [-0.25, -0.2) is 0 Å². The molecule has 0 saturated carbocycles. The molecule has 1 aliphatic rings. The second-order valence-electron chi connectivity index (χ2n) is 6.37. The first-order valence-electron chi connectivity index (χ1n) is 8.25. The number of piperidine rings is 1. The quantitative estimate of drug-likeness (QED) is 0.821. The Labute approximate surface area is 136 Å². The van der Waals surface area contributed by atoms with Gasteiger partial charge in [-0.15, -0.1) is 0 Å². The van der Waals surface area contributed by atoms with Crippen molar-refractivity contribution in [3.63, 3.8) is 0 Å². The molecule has 124 valence electrons. The van der Waals surface area contributed by atoms with Crippen LogP contribution in [0.4, 0.5) is 0 Å². The molecule has 0 aliphatic carbocycles. The van der Waals surface area contributed by atoms with Gasteiger partial charge in [0.15, 0.2) is 0 Å². The molecule has 23 heavy (non-hydrogen) atoms. The third-order valence-corrected chi connectivity index (χ3v) is 4.41. The summed E-state index contributed by atoms with van der Waals surface area (Å²) in [4.78, 5) is 16.6. The smallest absolute Gasteiger partial charge is 0.236 e. The summed E-state index contributed by atoms with van der Waals surface area (Å²) in [7, 11) is 0.